The monoisotopic (exact) mass is 331 g/mol. The van der Waals surface area contributed by atoms with Gasteiger partial charge in [-0.3, -0.25) is 4.99 Å². The summed E-state index contributed by atoms with van der Waals surface area (Å²) in [6, 6.07) is 4.08. The number of aromatic nitrogens is 1. The van der Waals surface area contributed by atoms with E-state index >= 15 is 0 Å². The summed E-state index contributed by atoms with van der Waals surface area (Å²) in [5, 5.41) is 6.97. The van der Waals surface area contributed by atoms with Crippen molar-refractivity contribution in [3.63, 3.8) is 0 Å². The Kier molecular flexibility index (Phi) is 6.46. The van der Waals surface area contributed by atoms with Crippen molar-refractivity contribution in [3.8, 4) is 0 Å². The fourth-order valence-corrected chi connectivity index (χ4v) is 3.64. The summed E-state index contributed by atoms with van der Waals surface area (Å²) < 4.78 is 0. The van der Waals surface area contributed by atoms with E-state index in [9.17, 15) is 0 Å². The Labute approximate surface area is 147 Å². The first-order valence-corrected chi connectivity index (χ1v) is 9.01. The lowest BCUT2D eigenvalue weighted by molar-refractivity contribution is 0.104. The smallest absolute Gasteiger partial charge is 0.191 e. The van der Waals surface area contributed by atoms with Crippen molar-refractivity contribution in [3.05, 3.63) is 23.9 Å². The van der Waals surface area contributed by atoms with Crippen molar-refractivity contribution in [1.29, 1.82) is 0 Å². The summed E-state index contributed by atoms with van der Waals surface area (Å²) in [5.74, 6) is 2.62. The number of hydrogen-bond acceptors (Lipinski definition) is 3. The van der Waals surface area contributed by atoms with Crippen molar-refractivity contribution in [2.45, 2.75) is 46.1 Å². The van der Waals surface area contributed by atoms with Crippen LogP contribution in [0, 0.1) is 11.3 Å². The molecular weight excluding hydrogens is 298 g/mol. The van der Waals surface area contributed by atoms with E-state index in [1.54, 1.807) is 0 Å². The summed E-state index contributed by atoms with van der Waals surface area (Å²) in [6.07, 6.45) is 7.16. The molecule has 0 aliphatic heterocycles. The van der Waals surface area contributed by atoms with E-state index in [1.807, 2.05) is 38.3 Å². The molecule has 24 heavy (non-hydrogen) atoms. The predicted octanol–water partition coefficient (Wildman–Crippen LogP) is 3.03. The van der Waals surface area contributed by atoms with E-state index in [0.717, 1.165) is 30.8 Å². The van der Waals surface area contributed by atoms with E-state index in [-0.39, 0.29) is 0 Å². The van der Waals surface area contributed by atoms with E-state index in [0.29, 0.717) is 5.41 Å². The van der Waals surface area contributed by atoms with E-state index in [4.69, 9.17) is 0 Å². The SMILES string of the molecule is CN=C(NCc1cccnc1N(C)C)NCC1(CC(C)C)CCC1. The summed E-state index contributed by atoms with van der Waals surface area (Å²) in [5.41, 5.74) is 1.64. The topological polar surface area (TPSA) is 52.6 Å². The molecule has 0 radical (unpaired) electrons. The Morgan fingerprint density at radius 3 is 2.62 bits per heavy atom. The Bertz CT molecular complexity index is 546. The van der Waals surface area contributed by atoms with Crippen LogP contribution in [0.3, 0.4) is 0 Å². The minimum Gasteiger partial charge on any atom is -0.362 e. The van der Waals surface area contributed by atoms with Crippen LogP contribution in [0.5, 0.6) is 0 Å². The molecule has 0 spiro atoms. The van der Waals surface area contributed by atoms with Gasteiger partial charge in [0.25, 0.3) is 0 Å². The first-order chi connectivity index (χ1) is 11.5. The van der Waals surface area contributed by atoms with Crippen LogP contribution in [0.4, 0.5) is 5.82 Å². The van der Waals surface area contributed by atoms with Gasteiger partial charge in [0.05, 0.1) is 0 Å². The number of aliphatic imine (C=N–C) groups is 1. The number of nitrogens with zero attached hydrogens (tertiary/aromatic N) is 3. The number of anilines is 1. The van der Waals surface area contributed by atoms with Gasteiger partial charge in [-0.2, -0.15) is 0 Å². The highest BCUT2D eigenvalue weighted by Crippen LogP contribution is 2.45. The van der Waals surface area contributed by atoms with Crippen LogP contribution in [-0.4, -0.2) is 38.6 Å². The lowest BCUT2D eigenvalue weighted by Crippen LogP contribution is -2.46. The first-order valence-electron chi connectivity index (χ1n) is 9.01. The second kappa shape index (κ2) is 8.36. The molecule has 1 heterocycles. The number of pyridine rings is 1. The molecule has 1 fully saturated rings. The lowest BCUT2D eigenvalue weighted by atomic mass is 9.64. The molecule has 0 atom stereocenters. The van der Waals surface area contributed by atoms with Crippen molar-refractivity contribution < 1.29 is 0 Å². The minimum absolute atomic E-state index is 0.467. The Hall–Kier alpha value is -1.78. The molecule has 1 aliphatic rings. The average Bonchev–Trinajstić information content (AvgIpc) is 2.52. The van der Waals surface area contributed by atoms with Gasteiger partial charge in [0.15, 0.2) is 5.96 Å². The van der Waals surface area contributed by atoms with Crippen LogP contribution < -0.4 is 15.5 Å². The van der Waals surface area contributed by atoms with Gasteiger partial charge < -0.3 is 15.5 Å². The van der Waals surface area contributed by atoms with Gasteiger partial charge in [0, 0.05) is 46.0 Å². The average molecular weight is 332 g/mol. The number of hydrogen-bond donors (Lipinski definition) is 2. The molecule has 5 nitrogen and oxygen atoms in total. The fourth-order valence-electron chi connectivity index (χ4n) is 3.64. The summed E-state index contributed by atoms with van der Waals surface area (Å²) in [6.45, 7) is 6.37. The molecule has 0 bridgehead atoms. The van der Waals surface area contributed by atoms with E-state index in [2.05, 4.69) is 40.5 Å². The Morgan fingerprint density at radius 1 is 1.33 bits per heavy atom. The summed E-state index contributed by atoms with van der Waals surface area (Å²) in [7, 11) is 5.87. The highest BCUT2D eigenvalue weighted by atomic mass is 15.2. The summed E-state index contributed by atoms with van der Waals surface area (Å²) in [4.78, 5) is 10.9. The molecule has 0 aromatic carbocycles. The maximum absolute atomic E-state index is 4.45. The van der Waals surface area contributed by atoms with Crippen molar-refractivity contribution >= 4 is 11.8 Å². The van der Waals surface area contributed by atoms with Crippen LogP contribution in [0.1, 0.15) is 45.1 Å². The molecule has 2 N–H and O–H groups in total. The van der Waals surface area contributed by atoms with Gasteiger partial charge in [0.2, 0.25) is 0 Å². The predicted molar refractivity (Wildman–Crippen MR) is 103 cm³/mol. The van der Waals surface area contributed by atoms with Crippen LogP contribution >= 0.6 is 0 Å². The number of rotatable bonds is 7. The molecule has 2 rings (SSSR count). The third kappa shape index (κ3) is 4.86. The van der Waals surface area contributed by atoms with Gasteiger partial charge in [0.1, 0.15) is 5.82 Å². The Balaban J connectivity index is 1.89. The second-order valence-electron chi connectivity index (χ2n) is 7.61. The standard InChI is InChI=1S/C19H33N5/c1-15(2)12-19(9-7-10-19)14-23-18(20-3)22-13-16-8-6-11-21-17(16)24(4)5/h6,8,11,15H,7,9-10,12-14H2,1-5H3,(H2,20,22,23). The maximum Gasteiger partial charge on any atom is 0.191 e. The highest BCUT2D eigenvalue weighted by Gasteiger charge is 2.37. The first kappa shape index (κ1) is 18.6. The maximum atomic E-state index is 4.45. The largest absolute Gasteiger partial charge is 0.362 e. The molecule has 5 heteroatoms. The lowest BCUT2D eigenvalue weighted by Gasteiger charge is -2.43. The third-order valence-electron chi connectivity index (χ3n) is 4.85. The van der Waals surface area contributed by atoms with Crippen molar-refractivity contribution in [2.24, 2.45) is 16.3 Å². The molecule has 1 aliphatic carbocycles. The van der Waals surface area contributed by atoms with Crippen LogP contribution in [0.15, 0.2) is 23.3 Å². The molecule has 1 saturated carbocycles. The van der Waals surface area contributed by atoms with Gasteiger partial charge >= 0.3 is 0 Å². The van der Waals surface area contributed by atoms with Crippen molar-refractivity contribution in [2.75, 3.05) is 32.6 Å². The minimum atomic E-state index is 0.467. The summed E-state index contributed by atoms with van der Waals surface area (Å²) >= 11 is 0. The number of nitrogens with one attached hydrogen (secondary N) is 2. The van der Waals surface area contributed by atoms with Crippen LogP contribution in [-0.2, 0) is 6.54 Å². The zero-order valence-corrected chi connectivity index (χ0v) is 15.9. The van der Waals surface area contributed by atoms with Crippen LogP contribution in [0.2, 0.25) is 0 Å². The zero-order valence-electron chi connectivity index (χ0n) is 15.9. The molecule has 134 valence electrons. The zero-order chi connectivity index (χ0) is 17.6. The second-order valence-corrected chi connectivity index (χ2v) is 7.61. The van der Waals surface area contributed by atoms with Gasteiger partial charge in [-0.05, 0) is 36.7 Å². The molecule has 0 amide bonds. The molecule has 0 saturated heterocycles. The molecule has 0 unspecified atom stereocenters. The number of guanidine groups is 1. The third-order valence-corrected chi connectivity index (χ3v) is 4.85. The van der Waals surface area contributed by atoms with E-state index in [1.165, 1.54) is 31.2 Å². The van der Waals surface area contributed by atoms with Crippen LogP contribution in [0.25, 0.3) is 0 Å². The molecule has 1 aromatic rings. The normalized spacial score (nSPS) is 16.7. The quantitative estimate of drug-likeness (QED) is 0.596. The highest BCUT2D eigenvalue weighted by molar-refractivity contribution is 5.79. The molecule has 1 aromatic heterocycles. The van der Waals surface area contributed by atoms with Gasteiger partial charge in [-0.25, -0.2) is 4.98 Å². The fraction of sp³-hybridized carbons (Fsp3) is 0.684. The van der Waals surface area contributed by atoms with Crippen molar-refractivity contribution in [1.82, 2.24) is 15.6 Å². The molecular formula is C19H33N5. The van der Waals surface area contributed by atoms with Gasteiger partial charge in [-0.15, -0.1) is 0 Å². The van der Waals surface area contributed by atoms with E-state index < -0.39 is 0 Å². The van der Waals surface area contributed by atoms with Gasteiger partial charge in [-0.1, -0.05) is 26.3 Å². The Morgan fingerprint density at radius 2 is 2.08 bits per heavy atom.